The molecule has 2 aromatic carbocycles. The molecule has 0 spiro atoms. The number of nitrogens with one attached hydrogen (secondary N) is 1. The zero-order valence-electron chi connectivity index (χ0n) is 17.3. The summed E-state index contributed by atoms with van der Waals surface area (Å²) in [6, 6.07) is 9.87. The summed E-state index contributed by atoms with van der Waals surface area (Å²) in [5.41, 5.74) is 2.51. The lowest BCUT2D eigenvalue weighted by molar-refractivity contribution is -0.135. The van der Waals surface area contributed by atoms with Gasteiger partial charge in [-0.15, -0.1) is 0 Å². The van der Waals surface area contributed by atoms with E-state index in [1.807, 2.05) is 24.3 Å². The monoisotopic (exact) mass is 414 g/mol. The van der Waals surface area contributed by atoms with Crippen LogP contribution in [0.3, 0.4) is 0 Å². The molecular weight excluding hydrogens is 388 g/mol. The van der Waals surface area contributed by atoms with Crippen LogP contribution in [0.1, 0.15) is 21.5 Å². The Morgan fingerprint density at radius 1 is 1.07 bits per heavy atom. The van der Waals surface area contributed by atoms with Gasteiger partial charge in [-0.3, -0.25) is 9.59 Å². The smallest absolute Gasteiger partial charge is 0.252 e. The van der Waals surface area contributed by atoms with Crippen LogP contribution in [-0.4, -0.2) is 62.3 Å². The molecule has 2 amide bonds. The molecule has 0 bridgehead atoms. The first-order valence-electron chi connectivity index (χ1n) is 9.59. The number of aliphatic hydroxyl groups excluding tert-OH is 1. The zero-order chi connectivity index (χ0) is 21.7. The Morgan fingerprint density at radius 2 is 1.70 bits per heavy atom. The number of amides is 2. The quantitative estimate of drug-likeness (QED) is 0.711. The van der Waals surface area contributed by atoms with Crippen molar-refractivity contribution in [2.45, 2.75) is 19.0 Å². The largest absolute Gasteiger partial charge is 0.493 e. The third kappa shape index (κ3) is 4.33. The number of rotatable bonds is 7. The number of aliphatic hydroxyl groups is 1. The van der Waals surface area contributed by atoms with E-state index in [4.69, 9.17) is 14.2 Å². The van der Waals surface area contributed by atoms with Crippen LogP contribution in [0.2, 0.25) is 0 Å². The minimum absolute atomic E-state index is 0.222. The molecule has 1 heterocycles. The highest BCUT2D eigenvalue weighted by molar-refractivity contribution is 5.98. The van der Waals surface area contributed by atoms with Gasteiger partial charge in [-0.05, 0) is 29.7 Å². The number of fused-ring (bicyclic) bond motifs is 1. The third-order valence-electron chi connectivity index (χ3n) is 5.16. The van der Waals surface area contributed by atoms with Crippen LogP contribution < -0.4 is 19.5 Å². The predicted molar refractivity (Wildman–Crippen MR) is 110 cm³/mol. The molecule has 30 heavy (non-hydrogen) atoms. The number of methoxy groups -OCH3 is 3. The standard InChI is InChI=1S/C22H26N2O6/c1-28-18-10-16(11-19(29-2)20(18)30-3)21(26)23-17(13-25)22(27)24-9-8-14-6-4-5-7-15(14)12-24/h4-7,10-11,17,25H,8-9,12-13H2,1-3H3,(H,23,26)/t17-/m0/s1. The van der Waals surface area contributed by atoms with Crippen molar-refractivity contribution < 1.29 is 28.9 Å². The van der Waals surface area contributed by atoms with Crippen LogP contribution >= 0.6 is 0 Å². The number of ether oxygens (including phenoxy) is 3. The highest BCUT2D eigenvalue weighted by Gasteiger charge is 2.29. The Hall–Kier alpha value is -3.26. The second kappa shape index (κ2) is 9.49. The van der Waals surface area contributed by atoms with Crippen LogP contribution in [0.25, 0.3) is 0 Å². The van der Waals surface area contributed by atoms with Crippen molar-refractivity contribution >= 4 is 11.8 Å². The molecule has 0 aromatic heterocycles. The van der Waals surface area contributed by atoms with E-state index in [1.54, 1.807) is 4.90 Å². The van der Waals surface area contributed by atoms with Crippen LogP contribution in [0.4, 0.5) is 0 Å². The molecule has 3 rings (SSSR count). The van der Waals surface area contributed by atoms with Gasteiger partial charge in [0.1, 0.15) is 6.04 Å². The maximum atomic E-state index is 12.9. The van der Waals surface area contributed by atoms with Crippen LogP contribution in [-0.2, 0) is 17.8 Å². The van der Waals surface area contributed by atoms with Crippen molar-refractivity contribution in [2.24, 2.45) is 0 Å². The van der Waals surface area contributed by atoms with Gasteiger partial charge in [0.2, 0.25) is 11.7 Å². The lowest BCUT2D eigenvalue weighted by Gasteiger charge is -2.31. The highest BCUT2D eigenvalue weighted by Crippen LogP contribution is 2.38. The third-order valence-corrected chi connectivity index (χ3v) is 5.16. The summed E-state index contributed by atoms with van der Waals surface area (Å²) < 4.78 is 15.8. The van der Waals surface area contributed by atoms with E-state index in [0.717, 1.165) is 12.0 Å². The first kappa shape index (κ1) is 21.4. The topological polar surface area (TPSA) is 97.3 Å². The number of carbonyl (C=O) groups excluding carboxylic acids is 2. The van der Waals surface area contributed by atoms with Crippen molar-refractivity contribution in [1.29, 1.82) is 0 Å². The second-order valence-corrected chi connectivity index (χ2v) is 6.90. The fourth-order valence-corrected chi connectivity index (χ4v) is 3.54. The summed E-state index contributed by atoms with van der Waals surface area (Å²) in [6.07, 6.45) is 0.737. The lowest BCUT2D eigenvalue weighted by atomic mass is 9.99. The summed E-state index contributed by atoms with van der Waals surface area (Å²) in [5.74, 6) is 0.146. The van der Waals surface area contributed by atoms with Crippen LogP contribution in [0, 0.1) is 0 Å². The summed E-state index contributed by atoms with van der Waals surface area (Å²) in [4.78, 5) is 27.4. The number of carbonyl (C=O) groups is 2. The molecule has 0 saturated carbocycles. The van der Waals surface area contributed by atoms with Crippen LogP contribution in [0.15, 0.2) is 36.4 Å². The molecule has 2 N–H and O–H groups in total. The first-order valence-corrected chi connectivity index (χ1v) is 9.59. The van der Waals surface area contributed by atoms with Crippen LogP contribution in [0.5, 0.6) is 17.2 Å². The summed E-state index contributed by atoms with van der Waals surface area (Å²) in [7, 11) is 4.37. The molecule has 0 fully saturated rings. The minimum atomic E-state index is -1.05. The number of benzene rings is 2. The average Bonchev–Trinajstić information content (AvgIpc) is 2.80. The molecule has 0 radical (unpaired) electrons. The molecule has 8 nitrogen and oxygen atoms in total. The Balaban J connectivity index is 1.76. The van der Waals surface area contributed by atoms with Crippen molar-refractivity contribution in [1.82, 2.24) is 10.2 Å². The van der Waals surface area contributed by atoms with Gasteiger partial charge in [0.15, 0.2) is 11.5 Å². The molecule has 1 aliphatic rings. The van der Waals surface area contributed by atoms with E-state index in [0.29, 0.717) is 30.3 Å². The Morgan fingerprint density at radius 3 is 2.27 bits per heavy atom. The SMILES string of the molecule is COc1cc(C(=O)N[C@@H](CO)C(=O)N2CCc3ccccc3C2)cc(OC)c1OC. The van der Waals surface area contributed by atoms with Gasteiger partial charge in [-0.25, -0.2) is 0 Å². The molecule has 160 valence electrons. The summed E-state index contributed by atoms with van der Waals surface area (Å²) in [5, 5.41) is 12.4. The fourth-order valence-electron chi connectivity index (χ4n) is 3.54. The van der Waals surface area contributed by atoms with Gasteiger partial charge >= 0.3 is 0 Å². The summed E-state index contributed by atoms with van der Waals surface area (Å²) >= 11 is 0. The Labute approximate surface area is 175 Å². The van der Waals surface area contributed by atoms with Gasteiger partial charge in [-0.2, -0.15) is 0 Å². The Bertz CT molecular complexity index is 905. The van der Waals surface area contributed by atoms with Crippen molar-refractivity contribution in [3.8, 4) is 17.2 Å². The van der Waals surface area contributed by atoms with Crippen molar-refractivity contribution in [3.63, 3.8) is 0 Å². The maximum Gasteiger partial charge on any atom is 0.252 e. The highest BCUT2D eigenvalue weighted by atomic mass is 16.5. The molecule has 0 unspecified atom stereocenters. The lowest BCUT2D eigenvalue weighted by Crippen LogP contribution is -2.51. The molecular formula is C22H26N2O6. The van der Waals surface area contributed by atoms with E-state index in [9.17, 15) is 14.7 Å². The molecule has 8 heteroatoms. The van der Waals surface area contributed by atoms with E-state index >= 15 is 0 Å². The molecule has 0 aliphatic carbocycles. The van der Waals surface area contributed by atoms with E-state index in [2.05, 4.69) is 5.32 Å². The fraction of sp³-hybridized carbons (Fsp3) is 0.364. The summed E-state index contributed by atoms with van der Waals surface area (Å²) in [6.45, 7) is 0.477. The minimum Gasteiger partial charge on any atom is -0.493 e. The normalized spacial score (nSPS) is 13.8. The van der Waals surface area contributed by atoms with E-state index < -0.39 is 18.6 Å². The number of hydrogen-bond donors (Lipinski definition) is 2. The van der Waals surface area contributed by atoms with Gasteiger partial charge in [0.25, 0.3) is 5.91 Å². The number of nitrogens with zero attached hydrogens (tertiary/aromatic N) is 1. The molecule has 1 atom stereocenters. The molecule has 0 saturated heterocycles. The van der Waals surface area contributed by atoms with E-state index in [1.165, 1.54) is 39.0 Å². The predicted octanol–water partition coefficient (Wildman–Crippen LogP) is 1.39. The maximum absolute atomic E-state index is 12.9. The zero-order valence-corrected chi connectivity index (χ0v) is 17.3. The van der Waals surface area contributed by atoms with Gasteiger partial charge in [0.05, 0.1) is 27.9 Å². The molecule has 2 aromatic rings. The van der Waals surface area contributed by atoms with Gasteiger partial charge in [0, 0.05) is 18.7 Å². The second-order valence-electron chi connectivity index (χ2n) is 6.90. The number of hydrogen-bond acceptors (Lipinski definition) is 6. The van der Waals surface area contributed by atoms with Crippen molar-refractivity contribution in [3.05, 3.63) is 53.1 Å². The Kier molecular flexibility index (Phi) is 6.79. The van der Waals surface area contributed by atoms with Crippen molar-refractivity contribution in [2.75, 3.05) is 34.5 Å². The van der Waals surface area contributed by atoms with E-state index in [-0.39, 0.29) is 11.5 Å². The molecule has 1 aliphatic heterocycles. The average molecular weight is 414 g/mol. The van der Waals surface area contributed by atoms with Gasteiger partial charge < -0.3 is 29.5 Å². The van der Waals surface area contributed by atoms with Gasteiger partial charge in [-0.1, -0.05) is 24.3 Å². The first-order chi connectivity index (χ1) is 14.5.